The van der Waals surface area contributed by atoms with Gasteiger partial charge in [0.25, 0.3) is 0 Å². The number of nitriles is 1. The zero-order chi connectivity index (χ0) is 26.2. The van der Waals surface area contributed by atoms with Crippen molar-refractivity contribution in [2.75, 3.05) is 27.2 Å². The van der Waals surface area contributed by atoms with Crippen molar-refractivity contribution in [2.45, 2.75) is 24.7 Å². The first kappa shape index (κ1) is 25.6. The molecule has 0 saturated carbocycles. The third-order valence-electron chi connectivity index (χ3n) is 6.32. The van der Waals surface area contributed by atoms with Crippen LogP contribution in [0.4, 0.5) is 17.6 Å². The first-order valence-corrected chi connectivity index (χ1v) is 11.9. The number of alkyl halides is 3. The van der Waals surface area contributed by atoms with E-state index >= 15 is 4.39 Å². The number of allylic oxidation sites excluding steroid dienone is 1. The Labute approximate surface area is 209 Å². The second kappa shape index (κ2) is 9.87. The summed E-state index contributed by atoms with van der Waals surface area (Å²) in [6, 6.07) is 7.33. The lowest BCUT2D eigenvalue weighted by Crippen LogP contribution is -2.38. The quantitative estimate of drug-likeness (QED) is 0.461. The molecule has 188 valence electrons. The number of amides is 1. The molecule has 0 aliphatic carbocycles. The molecule has 1 aromatic heterocycles. The molecule has 11 heteroatoms. The van der Waals surface area contributed by atoms with Crippen molar-refractivity contribution in [1.29, 1.82) is 10.7 Å². The van der Waals surface area contributed by atoms with E-state index in [-0.39, 0.29) is 42.7 Å². The van der Waals surface area contributed by atoms with Crippen molar-refractivity contribution < 1.29 is 22.4 Å². The average molecular weight is 518 g/mol. The van der Waals surface area contributed by atoms with Gasteiger partial charge in [-0.25, -0.2) is 4.39 Å². The zero-order valence-corrected chi connectivity index (χ0v) is 20.3. The molecule has 0 fully saturated rings. The Morgan fingerprint density at radius 1 is 1.31 bits per heavy atom. The molecule has 2 atom stereocenters. The largest absolute Gasteiger partial charge is 0.433 e. The Bertz CT molecular complexity index is 1300. The standard InChI is InChI=1S/C25H23F4N5OS/c1-33(2)14-6-7-22(35)34-12-19(17-8-15(9-30)36-21(17)13-34)16-4-3-5-20(26)23(16)18(11-32-10-14)24(31)25(27,28)29/h3-8,11,14,19,31-32H,10,12-13H2,1-2H3/b7-6+,18-11-,31-24?/t14?,19-/m0/s1. The van der Waals surface area contributed by atoms with E-state index in [0.29, 0.717) is 15.3 Å². The number of nitrogens with zero attached hydrogens (tertiary/aromatic N) is 3. The zero-order valence-electron chi connectivity index (χ0n) is 19.5. The number of likely N-dealkylation sites (N-methyl/N-ethyl adjacent to an activating group) is 1. The van der Waals surface area contributed by atoms with Crippen LogP contribution in [0.3, 0.4) is 0 Å². The molecule has 0 spiro atoms. The molecule has 1 aromatic carbocycles. The van der Waals surface area contributed by atoms with Crippen LogP contribution in [0.5, 0.6) is 0 Å². The summed E-state index contributed by atoms with van der Waals surface area (Å²) in [5.74, 6) is -1.89. The minimum atomic E-state index is -5.02. The molecule has 2 bridgehead atoms. The number of rotatable bonds is 2. The Morgan fingerprint density at radius 2 is 2.06 bits per heavy atom. The van der Waals surface area contributed by atoms with Gasteiger partial charge in [-0.2, -0.15) is 18.4 Å². The second-order valence-corrected chi connectivity index (χ2v) is 9.94. The first-order chi connectivity index (χ1) is 17.0. The third kappa shape index (κ3) is 4.92. The van der Waals surface area contributed by atoms with Crippen LogP contribution in [-0.4, -0.2) is 60.8 Å². The van der Waals surface area contributed by atoms with Crippen molar-refractivity contribution in [1.82, 2.24) is 15.1 Å². The number of benzene rings is 1. The lowest BCUT2D eigenvalue weighted by atomic mass is 9.82. The predicted molar refractivity (Wildman–Crippen MR) is 129 cm³/mol. The summed E-state index contributed by atoms with van der Waals surface area (Å²) in [5, 5.41) is 20.1. The van der Waals surface area contributed by atoms with Gasteiger partial charge in [0.1, 0.15) is 22.5 Å². The van der Waals surface area contributed by atoms with Crippen LogP contribution in [0.1, 0.15) is 32.4 Å². The number of nitrogens with one attached hydrogen (secondary N) is 2. The molecule has 36 heavy (non-hydrogen) atoms. The Hall–Kier alpha value is -3.49. The molecule has 1 unspecified atom stereocenters. The van der Waals surface area contributed by atoms with E-state index in [1.54, 1.807) is 36.0 Å². The summed E-state index contributed by atoms with van der Waals surface area (Å²) >= 11 is 1.20. The van der Waals surface area contributed by atoms with Gasteiger partial charge in [0.2, 0.25) is 5.91 Å². The summed E-state index contributed by atoms with van der Waals surface area (Å²) in [6.45, 7) is 0.441. The molecule has 3 heterocycles. The number of hydrogen-bond acceptors (Lipinski definition) is 6. The first-order valence-electron chi connectivity index (χ1n) is 11.1. The van der Waals surface area contributed by atoms with Crippen molar-refractivity contribution in [3.05, 3.63) is 74.9 Å². The molecule has 2 aromatic rings. The van der Waals surface area contributed by atoms with Crippen LogP contribution in [0, 0.1) is 22.6 Å². The van der Waals surface area contributed by atoms with E-state index in [4.69, 9.17) is 5.41 Å². The summed E-state index contributed by atoms with van der Waals surface area (Å²) in [7, 11) is 3.52. The maximum atomic E-state index is 15.3. The Balaban J connectivity index is 1.98. The van der Waals surface area contributed by atoms with Crippen LogP contribution >= 0.6 is 11.3 Å². The highest BCUT2D eigenvalue weighted by Crippen LogP contribution is 2.42. The number of hydrogen-bond donors (Lipinski definition) is 2. The highest BCUT2D eigenvalue weighted by molar-refractivity contribution is 7.12. The SMILES string of the molecule is CN(C)C1/C=C/C(=O)N2Cc3sc(C#N)cc3[C@@H](C2)c2cccc(F)c2/C(C(=N)C(F)(F)F)=C/NC1. The van der Waals surface area contributed by atoms with E-state index in [1.807, 2.05) is 0 Å². The maximum absolute atomic E-state index is 15.3. The van der Waals surface area contributed by atoms with Crippen molar-refractivity contribution >= 4 is 28.5 Å². The van der Waals surface area contributed by atoms with E-state index in [9.17, 15) is 23.2 Å². The summed E-state index contributed by atoms with van der Waals surface area (Å²) in [6.07, 6.45) is -0.904. The average Bonchev–Trinajstić information content (AvgIpc) is 3.25. The number of halogens is 4. The van der Waals surface area contributed by atoms with Crippen LogP contribution in [0.15, 0.2) is 42.6 Å². The third-order valence-corrected chi connectivity index (χ3v) is 7.36. The molecule has 2 aliphatic rings. The fourth-order valence-corrected chi connectivity index (χ4v) is 5.48. The molecular formula is C25H23F4N5OS. The van der Waals surface area contributed by atoms with Gasteiger partial charge in [0.15, 0.2) is 0 Å². The van der Waals surface area contributed by atoms with E-state index < -0.39 is 29.2 Å². The van der Waals surface area contributed by atoms with Gasteiger partial charge >= 0.3 is 6.18 Å². The summed E-state index contributed by atoms with van der Waals surface area (Å²) in [5.41, 5.74) is -1.78. The molecule has 6 nitrogen and oxygen atoms in total. The number of carbonyl (C=O) groups excluding carboxylic acids is 1. The van der Waals surface area contributed by atoms with Crippen molar-refractivity contribution in [3.8, 4) is 6.07 Å². The van der Waals surface area contributed by atoms with Gasteiger partial charge in [-0.1, -0.05) is 18.2 Å². The molecule has 0 radical (unpaired) electrons. The van der Waals surface area contributed by atoms with Gasteiger partial charge < -0.3 is 15.1 Å². The predicted octanol–water partition coefficient (Wildman–Crippen LogP) is 4.25. The molecule has 0 saturated heterocycles. The fourth-order valence-electron chi connectivity index (χ4n) is 4.45. The molecule has 4 rings (SSSR count). The summed E-state index contributed by atoms with van der Waals surface area (Å²) in [4.78, 5) is 17.6. The van der Waals surface area contributed by atoms with Crippen molar-refractivity contribution in [2.24, 2.45) is 0 Å². The topological polar surface area (TPSA) is 83.2 Å². The second-order valence-electron chi connectivity index (χ2n) is 8.81. The monoisotopic (exact) mass is 517 g/mol. The number of fused-ring (bicyclic) bond motifs is 6. The van der Waals surface area contributed by atoms with E-state index in [1.165, 1.54) is 29.5 Å². The summed E-state index contributed by atoms with van der Waals surface area (Å²) < 4.78 is 56.6. The lowest BCUT2D eigenvalue weighted by Gasteiger charge is -2.34. The molecule has 2 aliphatic heterocycles. The van der Waals surface area contributed by atoms with Gasteiger partial charge in [-0.15, -0.1) is 11.3 Å². The Morgan fingerprint density at radius 3 is 2.72 bits per heavy atom. The van der Waals surface area contributed by atoms with Crippen LogP contribution < -0.4 is 5.32 Å². The highest BCUT2D eigenvalue weighted by atomic mass is 32.1. The van der Waals surface area contributed by atoms with E-state index in [2.05, 4.69) is 11.4 Å². The normalized spacial score (nSPS) is 22.6. The van der Waals surface area contributed by atoms with Crippen LogP contribution in [0.25, 0.3) is 5.57 Å². The van der Waals surface area contributed by atoms with Crippen LogP contribution in [-0.2, 0) is 11.3 Å². The van der Waals surface area contributed by atoms with Gasteiger partial charge in [-0.3, -0.25) is 10.2 Å². The smallest absolute Gasteiger partial charge is 0.388 e. The fraction of sp³-hybridized carbons (Fsp3) is 0.320. The maximum Gasteiger partial charge on any atom is 0.433 e. The van der Waals surface area contributed by atoms with Crippen molar-refractivity contribution in [3.63, 3.8) is 0 Å². The number of thiophene rings is 1. The van der Waals surface area contributed by atoms with E-state index in [0.717, 1.165) is 12.3 Å². The molecular weight excluding hydrogens is 494 g/mol. The molecule has 2 N–H and O–H groups in total. The minimum absolute atomic E-state index is 0.0842. The Kier molecular flexibility index (Phi) is 7.02. The lowest BCUT2D eigenvalue weighted by molar-refractivity contribution is -0.127. The minimum Gasteiger partial charge on any atom is -0.388 e. The molecule has 1 amide bonds. The number of carbonyl (C=O) groups is 1. The van der Waals surface area contributed by atoms with Gasteiger partial charge in [0, 0.05) is 53.3 Å². The van der Waals surface area contributed by atoms with Crippen LogP contribution in [0.2, 0.25) is 0 Å². The van der Waals surface area contributed by atoms with Gasteiger partial charge in [-0.05, 0) is 37.4 Å². The highest BCUT2D eigenvalue weighted by Gasteiger charge is 2.40. The van der Waals surface area contributed by atoms with Gasteiger partial charge in [0.05, 0.1) is 6.54 Å².